The van der Waals surface area contributed by atoms with E-state index in [4.69, 9.17) is 0 Å². The lowest BCUT2D eigenvalue weighted by molar-refractivity contribution is 1.18. The van der Waals surface area contributed by atoms with E-state index >= 15 is 0 Å². The van der Waals surface area contributed by atoms with E-state index < -0.39 is 0 Å². The van der Waals surface area contributed by atoms with Gasteiger partial charge < -0.3 is 19.6 Å². The van der Waals surface area contributed by atoms with Crippen LogP contribution in [-0.4, -0.2) is 28.2 Å². The zero-order valence-corrected chi connectivity index (χ0v) is 26.8. The summed E-state index contributed by atoms with van der Waals surface area (Å²) >= 11 is 0. The first kappa shape index (κ1) is 30.1. The summed E-state index contributed by atoms with van der Waals surface area (Å²) in [6.07, 6.45) is 0. The van der Waals surface area contributed by atoms with Crippen LogP contribution in [0.15, 0.2) is 158 Å². The van der Waals surface area contributed by atoms with E-state index in [9.17, 15) is 0 Å². The van der Waals surface area contributed by atoms with Gasteiger partial charge in [-0.05, 0) is 103 Å². The minimum Gasteiger partial charge on any atom is -0.345 e. The summed E-state index contributed by atoms with van der Waals surface area (Å²) in [5.74, 6) is 6.87. The predicted octanol–water partition coefficient (Wildman–Crippen LogP) is 10.2. The first-order valence-electron chi connectivity index (χ1n) is 15.4. The molecule has 6 rings (SSSR count). The standard InChI is InChI=1S/C42H38N4/c1-43(35-16-7-5-8-17-35)37-24-26-39(27-25-37)45(3)41-20-13-14-33(32-41)22-23-34-15-11-12-21-42(34)46(4)40-30-28-38(29-31-40)44(2)36-18-9-6-10-19-36/h5-21,24-32H,1-4H3. The molecule has 6 aromatic carbocycles. The number of benzene rings is 6. The molecule has 226 valence electrons. The van der Waals surface area contributed by atoms with Gasteiger partial charge in [-0.2, -0.15) is 0 Å². The maximum absolute atomic E-state index is 3.45. The molecule has 0 aliphatic heterocycles. The van der Waals surface area contributed by atoms with E-state index in [0.29, 0.717) is 0 Å². The molecule has 4 nitrogen and oxygen atoms in total. The molecule has 0 radical (unpaired) electrons. The molecule has 0 spiro atoms. The Bertz CT molecular complexity index is 1940. The Kier molecular flexibility index (Phi) is 9.04. The van der Waals surface area contributed by atoms with Crippen LogP contribution in [0.3, 0.4) is 0 Å². The highest BCUT2D eigenvalue weighted by Gasteiger charge is 2.11. The quantitative estimate of drug-likeness (QED) is 0.162. The molecule has 0 amide bonds. The molecule has 0 unspecified atom stereocenters. The van der Waals surface area contributed by atoms with Gasteiger partial charge in [0.2, 0.25) is 0 Å². The van der Waals surface area contributed by atoms with Crippen molar-refractivity contribution in [2.45, 2.75) is 0 Å². The predicted molar refractivity (Wildman–Crippen MR) is 197 cm³/mol. The van der Waals surface area contributed by atoms with Crippen LogP contribution in [0.25, 0.3) is 0 Å². The minimum atomic E-state index is 0.968. The Morgan fingerprint density at radius 1 is 0.326 bits per heavy atom. The number of nitrogens with zero attached hydrogens (tertiary/aromatic N) is 4. The van der Waals surface area contributed by atoms with Crippen molar-refractivity contribution >= 4 is 45.5 Å². The van der Waals surface area contributed by atoms with Gasteiger partial charge in [0.1, 0.15) is 0 Å². The van der Waals surface area contributed by atoms with Crippen LogP contribution in [-0.2, 0) is 0 Å². The van der Waals surface area contributed by atoms with Gasteiger partial charge >= 0.3 is 0 Å². The highest BCUT2D eigenvalue weighted by atomic mass is 15.1. The van der Waals surface area contributed by atoms with Crippen LogP contribution < -0.4 is 19.6 Å². The zero-order chi connectivity index (χ0) is 31.9. The molecule has 0 saturated carbocycles. The molecule has 0 saturated heterocycles. The third kappa shape index (κ3) is 6.75. The molecule has 0 fully saturated rings. The van der Waals surface area contributed by atoms with E-state index in [1.807, 2.05) is 18.2 Å². The fourth-order valence-electron chi connectivity index (χ4n) is 5.49. The summed E-state index contributed by atoms with van der Waals surface area (Å²) in [6.45, 7) is 0. The molecule has 0 heterocycles. The van der Waals surface area contributed by atoms with Crippen molar-refractivity contribution in [1.82, 2.24) is 0 Å². The topological polar surface area (TPSA) is 13.0 Å². The minimum absolute atomic E-state index is 0.968. The normalized spacial score (nSPS) is 10.4. The monoisotopic (exact) mass is 598 g/mol. The van der Waals surface area contributed by atoms with Gasteiger partial charge in [0, 0.05) is 79.1 Å². The maximum atomic E-state index is 3.45. The Balaban J connectivity index is 1.18. The molecule has 46 heavy (non-hydrogen) atoms. The van der Waals surface area contributed by atoms with Gasteiger partial charge in [-0.15, -0.1) is 0 Å². The number of anilines is 8. The summed E-state index contributed by atoms with van der Waals surface area (Å²) in [5.41, 5.74) is 10.9. The average molecular weight is 599 g/mol. The lowest BCUT2D eigenvalue weighted by atomic mass is 10.1. The molecule has 0 aromatic heterocycles. The van der Waals surface area contributed by atoms with Gasteiger partial charge in [-0.3, -0.25) is 0 Å². The molecule has 6 aromatic rings. The van der Waals surface area contributed by atoms with Crippen molar-refractivity contribution in [3.63, 3.8) is 0 Å². The van der Waals surface area contributed by atoms with Crippen LogP contribution in [0.1, 0.15) is 11.1 Å². The molecule has 4 heteroatoms. The number of rotatable bonds is 8. The SMILES string of the molecule is CN(c1ccccc1)c1ccc(N(C)c2cccc(C#Cc3ccccc3N(C)c3ccc(N(C)c4ccccc4)cc3)c2)cc1. The maximum Gasteiger partial charge on any atom is 0.0567 e. The molecule has 0 atom stereocenters. The Hall–Kier alpha value is -5.92. The van der Waals surface area contributed by atoms with Crippen LogP contribution in [0.2, 0.25) is 0 Å². The fraction of sp³-hybridized carbons (Fsp3) is 0.0952. The lowest BCUT2D eigenvalue weighted by Gasteiger charge is -2.23. The molecule has 0 aliphatic rings. The second-order valence-electron chi connectivity index (χ2n) is 11.3. The average Bonchev–Trinajstić information content (AvgIpc) is 3.14. The lowest BCUT2D eigenvalue weighted by Crippen LogP contribution is -2.12. The third-order valence-electron chi connectivity index (χ3n) is 8.38. The van der Waals surface area contributed by atoms with Crippen LogP contribution in [0, 0.1) is 11.8 Å². The van der Waals surface area contributed by atoms with Crippen molar-refractivity contribution in [1.29, 1.82) is 0 Å². The van der Waals surface area contributed by atoms with Crippen LogP contribution in [0.5, 0.6) is 0 Å². The summed E-state index contributed by atoms with van der Waals surface area (Å²) in [6, 6.07) is 54.8. The summed E-state index contributed by atoms with van der Waals surface area (Å²) in [5, 5.41) is 0. The van der Waals surface area contributed by atoms with Gasteiger partial charge in [0.05, 0.1) is 5.69 Å². The first-order chi connectivity index (χ1) is 22.5. The second kappa shape index (κ2) is 13.8. The van der Waals surface area contributed by atoms with E-state index in [-0.39, 0.29) is 0 Å². The largest absolute Gasteiger partial charge is 0.345 e. The third-order valence-corrected chi connectivity index (χ3v) is 8.38. The van der Waals surface area contributed by atoms with Gasteiger partial charge in [-0.1, -0.05) is 66.4 Å². The number of para-hydroxylation sites is 3. The molecular formula is C42H38N4. The van der Waals surface area contributed by atoms with E-state index in [1.165, 1.54) is 0 Å². The van der Waals surface area contributed by atoms with Crippen molar-refractivity contribution in [3.05, 3.63) is 169 Å². The Labute approximate surface area is 273 Å². The molecule has 0 bridgehead atoms. The highest BCUT2D eigenvalue weighted by Crippen LogP contribution is 2.31. The molecular weight excluding hydrogens is 560 g/mol. The highest BCUT2D eigenvalue weighted by molar-refractivity contribution is 5.73. The van der Waals surface area contributed by atoms with Crippen molar-refractivity contribution in [2.75, 3.05) is 47.8 Å². The van der Waals surface area contributed by atoms with Crippen molar-refractivity contribution in [3.8, 4) is 11.8 Å². The summed E-state index contributed by atoms with van der Waals surface area (Å²) in [4.78, 5) is 8.76. The number of hydrogen-bond acceptors (Lipinski definition) is 4. The number of hydrogen-bond donors (Lipinski definition) is 0. The van der Waals surface area contributed by atoms with Crippen molar-refractivity contribution < 1.29 is 0 Å². The van der Waals surface area contributed by atoms with Crippen molar-refractivity contribution in [2.24, 2.45) is 0 Å². The van der Waals surface area contributed by atoms with Crippen LogP contribution >= 0.6 is 0 Å². The van der Waals surface area contributed by atoms with Gasteiger partial charge in [0.15, 0.2) is 0 Å². The Morgan fingerprint density at radius 2 is 0.717 bits per heavy atom. The fourth-order valence-corrected chi connectivity index (χ4v) is 5.49. The second-order valence-corrected chi connectivity index (χ2v) is 11.3. The summed E-state index contributed by atoms with van der Waals surface area (Å²) < 4.78 is 0. The zero-order valence-electron chi connectivity index (χ0n) is 26.8. The molecule has 0 aliphatic carbocycles. The van der Waals surface area contributed by atoms with E-state index in [2.05, 4.69) is 199 Å². The van der Waals surface area contributed by atoms with E-state index in [0.717, 1.165) is 56.6 Å². The summed E-state index contributed by atoms with van der Waals surface area (Å²) in [7, 11) is 8.37. The smallest absolute Gasteiger partial charge is 0.0567 e. The Morgan fingerprint density at radius 3 is 1.24 bits per heavy atom. The molecule has 0 N–H and O–H groups in total. The van der Waals surface area contributed by atoms with E-state index in [1.54, 1.807) is 0 Å². The van der Waals surface area contributed by atoms with Gasteiger partial charge in [0.25, 0.3) is 0 Å². The van der Waals surface area contributed by atoms with Gasteiger partial charge in [-0.25, -0.2) is 0 Å². The van der Waals surface area contributed by atoms with Crippen LogP contribution in [0.4, 0.5) is 45.5 Å². The first-order valence-corrected chi connectivity index (χ1v) is 15.4.